The van der Waals surface area contributed by atoms with Crippen LogP contribution in [0.15, 0.2) is 18.2 Å². The molecule has 32 heavy (non-hydrogen) atoms. The van der Waals surface area contributed by atoms with Gasteiger partial charge in [0, 0.05) is 23.7 Å². The van der Waals surface area contributed by atoms with Crippen molar-refractivity contribution in [3.8, 4) is 5.75 Å². The fourth-order valence-corrected chi connectivity index (χ4v) is 5.28. The molecule has 3 saturated carbocycles. The Kier molecular flexibility index (Phi) is 5.77. The summed E-state index contributed by atoms with van der Waals surface area (Å²) < 4.78 is 29.8. The van der Waals surface area contributed by atoms with E-state index in [1.807, 2.05) is 0 Å². The van der Waals surface area contributed by atoms with Crippen molar-refractivity contribution in [2.24, 2.45) is 5.92 Å². The van der Waals surface area contributed by atoms with Crippen molar-refractivity contribution >= 4 is 23.4 Å². The summed E-state index contributed by atoms with van der Waals surface area (Å²) in [5.74, 6) is -0.612. The van der Waals surface area contributed by atoms with Crippen molar-refractivity contribution < 1.29 is 28.2 Å². The topological polar surface area (TPSA) is 97.9 Å². The van der Waals surface area contributed by atoms with E-state index in [0.717, 1.165) is 38.2 Å². The number of carbonyl (C=O) groups excluding carboxylic acids is 2. The van der Waals surface area contributed by atoms with Gasteiger partial charge < -0.3 is 24.8 Å². The molecule has 3 N–H and O–H groups in total. The van der Waals surface area contributed by atoms with Gasteiger partial charge in [0.1, 0.15) is 23.9 Å². The summed E-state index contributed by atoms with van der Waals surface area (Å²) in [5.41, 5.74) is -0.477. The molecular weight excluding hydrogens is 441 g/mol. The fraction of sp³-hybridized carbons (Fsp3) is 0.636. The highest BCUT2D eigenvalue weighted by atomic mass is 35.5. The molecule has 0 radical (unpaired) electrons. The van der Waals surface area contributed by atoms with Crippen molar-refractivity contribution in [1.29, 1.82) is 0 Å². The van der Waals surface area contributed by atoms with Gasteiger partial charge >= 0.3 is 0 Å². The first kappa shape index (κ1) is 21.9. The van der Waals surface area contributed by atoms with E-state index >= 15 is 0 Å². The molecule has 2 bridgehead atoms. The van der Waals surface area contributed by atoms with E-state index in [2.05, 4.69) is 16.0 Å². The highest BCUT2D eigenvalue weighted by Gasteiger charge is 2.69. The number of piperidine rings is 1. The number of carbonyl (C=O) groups is 2. The van der Waals surface area contributed by atoms with Crippen LogP contribution in [0.5, 0.6) is 5.75 Å². The van der Waals surface area contributed by atoms with Crippen molar-refractivity contribution in [2.75, 3.05) is 26.4 Å². The van der Waals surface area contributed by atoms with E-state index in [0.29, 0.717) is 19.8 Å². The first-order valence-electron chi connectivity index (χ1n) is 11.0. The van der Waals surface area contributed by atoms with Gasteiger partial charge in [-0.15, -0.1) is 0 Å². The minimum absolute atomic E-state index is 0.00365. The molecule has 6 rings (SSSR count). The van der Waals surface area contributed by atoms with Crippen LogP contribution in [0.25, 0.3) is 0 Å². The number of halogens is 2. The molecule has 174 valence electrons. The van der Waals surface area contributed by atoms with Crippen LogP contribution in [-0.2, 0) is 19.1 Å². The highest BCUT2D eigenvalue weighted by molar-refractivity contribution is 6.30. The number of rotatable bonds is 8. The molecule has 1 aromatic rings. The van der Waals surface area contributed by atoms with Gasteiger partial charge in [-0.1, -0.05) is 11.6 Å². The predicted octanol–water partition coefficient (Wildman–Crippen LogP) is 1.51. The van der Waals surface area contributed by atoms with Crippen LogP contribution < -0.4 is 20.7 Å². The van der Waals surface area contributed by atoms with E-state index in [1.165, 1.54) is 12.1 Å². The Morgan fingerprint density at radius 3 is 2.56 bits per heavy atom. The maximum atomic E-state index is 13.5. The standard InChI is InChI=1S/C22H27ClFN3O5/c23-16-3-2-14(5-17(16)24)31-9-18(28)26-21-10-22(11-21,12-21)27-20(29)13-1-4-19(25-6-13)32-15-7-30-8-15/h2-3,5,13,15,19,25H,1,4,6-12H2,(H,26,28)(H,27,29). The van der Waals surface area contributed by atoms with Gasteiger partial charge in [-0.05, 0) is 44.2 Å². The average molecular weight is 468 g/mol. The lowest BCUT2D eigenvalue weighted by Gasteiger charge is -2.70. The Morgan fingerprint density at radius 2 is 1.94 bits per heavy atom. The Bertz CT molecular complexity index is 884. The normalized spacial score (nSPS) is 33.3. The molecule has 5 fully saturated rings. The van der Waals surface area contributed by atoms with E-state index in [1.54, 1.807) is 0 Å². The number of ether oxygens (including phenoxy) is 3. The molecule has 2 amide bonds. The minimum Gasteiger partial charge on any atom is -0.484 e. The molecule has 2 saturated heterocycles. The number of hydrogen-bond acceptors (Lipinski definition) is 6. The van der Waals surface area contributed by atoms with Crippen molar-refractivity contribution in [3.05, 3.63) is 29.0 Å². The third kappa shape index (κ3) is 4.44. The zero-order chi connectivity index (χ0) is 22.3. The number of nitrogens with one attached hydrogen (secondary N) is 3. The summed E-state index contributed by atoms with van der Waals surface area (Å²) >= 11 is 5.64. The second-order valence-electron chi connectivity index (χ2n) is 9.46. The van der Waals surface area contributed by atoms with Gasteiger partial charge in [-0.2, -0.15) is 0 Å². The first-order chi connectivity index (χ1) is 15.3. The second-order valence-corrected chi connectivity index (χ2v) is 9.87. The van der Waals surface area contributed by atoms with Gasteiger partial charge in [0.05, 0.1) is 24.2 Å². The minimum atomic E-state index is -0.592. The summed E-state index contributed by atoms with van der Waals surface area (Å²) in [5, 5.41) is 9.51. The Labute approximate surface area is 190 Å². The summed E-state index contributed by atoms with van der Waals surface area (Å²) in [6.07, 6.45) is 3.93. The summed E-state index contributed by atoms with van der Waals surface area (Å²) in [6, 6.07) is 4.05. The lowest BCUT2D eigenvalue weighted by atomic mass is 9.44. The van der Waals surface area contributed by atoms with Gasteiger partial charge in [0.2, 0.25) is 5.91 Å². The van der Waals surface area contributed by atoms with Gasteiger partial charge in [0.25, 0.3) is 5.91 Å². The first-order valence-corrected chi connectivity index (χ1v) is 11.4. The average Bonchev–Trinajstić information content (AvgIpc) is 2.69. The lowest BCUT2D eigenvalue weighted by Crippen LogP contribution is -2.84. The Morgan fingerprint density at radius 1 is 1.19 bits per heavy atom. The fourth-order valence-electron chi connectivity index (χ4n) is 5.16. The van der Waals surface area contributed by atoms with Crippen LogP contribution >= 0.6 is 11.6 Å². The van der Waals surface area contributed by atoms with Gasteiger partial charge in [-0.3, -0.25) is 14.9 Å². The van der Waals surface area contributed by atoms with E-state index in [9.17, 15) is 14.0 Å². The van der Waals surface area contributed by atoms with Gasteiger partial charge in [-0.25, -0.2) is 4.39 Å². The molecule has 3 aliphatic carbocycles. The van der Waals surface area contributed by atoms with Crippen LogP contribution in [0, 0.1) is 11.7 Å². The zero-order valence-electron chi connectivity index (χ0n) is 17.6. The number of amides is 2. The largest absolute Gasteiger partial charge is 0.484 e. The van der Waals surface area contributed by atoms with Crippen LogP contribution in [-0.4, -0.2) is 61.6 Å². The van der Waals surface area contributed by atoms with Crippen LogP contribution in [0.1, 0.15) is 32.1 Å². The Hall–Kier alpha value is -1.94. The molecule has 10 heteroatoms. The molecule has 2 atom stereocenters. The number of benzene rings is 1. The molecule has 2 heterocycles. The van der Waals surface area contributed by atoms with Crippen molar-refractivity contribution in [1.82, 2.24) is 16.0 Å². The third-order valence-electron chi connectivity index (χ3n) is 6.79. The summed E-state index contributed by atoms with van der Waals surface area (Å²) in [6.45, 7) is 1.69. The molecule has 0 aromatic heterocycles. The monoisotopic (exact) mass is 467 g/mol. The molecule has 8 nitrogen and oxygen atoms in total. The SMILES string of the molecule is O=C(COc1ccc(Cl)c(F)c1)NC12CC(NC(=O)C3CCC(OC4COC4)NC3)(C1)C2. The van der Waals surface area contributed by atoms with Crippen molar-refractivity contribution in [2.45, 2.75) is 55.5 Å². The third-order valence-corrected chi connectivity index (χ3v) is 7.10. The quantitative estimate of drug-likeness (QED) is 0.536. The molecule has 2 aliphatic heterocycles. The maximum Gasteiger partial charge on any atom is 0.258 e. The Balaban J connectivity index is 1.01. The molecule has 5 aliphatic rings. The van der Waals surface area contributed by atoms with E-state index in [4.69, 9.17) is 25.8 Å². The van der Waals surface area contributed by atoms with Crippen molar-refractivity contribution in [3.63, 3.8) is 0 Å². The smallest absolute Gasteiger partial charge is 0.258 e. The lowest BCUT2D eigenvalue weighted by molar-refractivity contribution is -0.169. The van der Waals surface area contributed by atoms with Crippen LogP contribution in [0.3, 0.4) is 0 Å². The number of hydrogen-bond donors (Lipinski definition) is 3. The molecule has 2 unspecified atom stereocenters. The zero-order valence-corrected chi connectivity index (χ0v) is 18.4. The second kappa shape index (κ2) is 8.44. The molecule has 1 aromatic carbocycles. The summed E-state index contributed by atoms with van der Waals surface area (Å²) in [4.78, 5) is 24.9. The molecular formula is C22H27ClFN3O5. The van der Waals surface area contributed by atoms with E-state index < -0.39 is 5.82 Å². The molecule has 0 spiro atoms. The van der Waals surface area contributed by atoms with Crippen LogP contribution in [0.4, 0.5) is 4.39 Å². The summed E-state index contributed by atoms with van der Waals surface area (Å²) in [7, 11) is 0. The van der Waals surface area contributed by atoms with Crippen LogP contribution in [0.2, 0.25) is 5.02 Å². The highest BCUT2D eigenvalue weighted by Crippen LogP contribution is 2.60. The predicted molar refractivity (Wildman–Crippen MR) is 113 cm³/mol. The van der Waals surface area contributed by atoms with E-state index in [-0.39, 0.29) is 58.5 Å². The maximum absolute atomic E-state index is 13.5. The van der Waals surface area contributed by atoms with Gasteiger partial charge in [0.15, 0.2) is 6.61 Å².